The summed E-state index contributed by atoms with van der Waals surface area (Å²) in [6, 6.07) is 0. The van der Waals surface area contributed by atoms with Crippen molar-refractivity contribution in [3.8, 4) is 0 Å². The first kappa shape index (κ1) is 666. The zero-order valence-corrected chi connectivity index (χ0v) is 6.39. The van der Waals surface area contributed by atoms with E-state index >= 15 is 0 Å². The molecule has 0 unspecified atom stereocenters. The Bertz CT molecular complexity index is 8.49. The third-order valence-electron chi connectivity index (χ3n) is 0. The molecule has 0 saturated heterocycles. The van der Waals surface area contributed by atoms with Gasteiger partial charge in [0.15, 0.2) is 0 Å². The Morgan fingerprint density at radius 3 is 0.375 bits per heavy atom. The molecule has 0 aromatic rings. The van der Waals surface area contributed by atoms with Gasteiger partial charge in [0.05, 0.1) is 0 Å². The van der Waals surface area contributed by atoms with Crippen molar-refractivity contribution in [3.05, 3.63) is 0 Å². The largest absolute Gasteiger partial charge is 3.00 e. The first-order chi connectivity index (χ1) is 0. The molecule has 0 aromatic carbocycles. The maximum atomic E-state index is 0. The van der Waals surface area contributed by atoms with Gasteiger partial charge in [0, 0.05) is 0 Å². The molecule has 6 N–H and O–H groups in total. The fourth-order valence-corrected chi connectivity index (χ4v) is 0. The van der Waals surface area contributed by atoms with Gasteiger partial charge in [-0.15, -0.1) is 0 Å². The summed E-state index contributed by atoms with van der Waals surface area (Å²) >= 11 is 0. The zero-order chi connectivity index (χ0) is 0. The van der Waals surface area contributed by atoms with Crippen LogP contribution in [0.15, 0.2) is 0 Å². The van der Waals surface area contributed by atoms with Gasteiger partial charge >= 0.3 is 36.8 Å². The van der Waals surface area contributed by atoms with Gasteiger partial charge < -0.3 is 32.9 Å². The van der Waals surface area contributed by atoms with E-state index in [9.17, 15) is 0 Å². The first-order valence-corrected chi connectivity index (χ1v) is 0. The molecule has 0 aliphatic rings. The average Bonchev–Trinajstić information content (AvgIpc) is 0. The summed E-state index contributed by atoms with van der Waals surface area (Å²) in [4.78, 5) is 0. The summed E-state index contributed by atoms with van der Waals surface area (Å²) in [6.45, 7) is 0. The van der Waals surface area contributed by atoms with Gasteiger partial charge in [-0.1, -0.05) is 0 Å². The third kappa shape index (κ3) is 289. The monoisotopic (exact) mass is 232 g/mol. The molecule has 0 fully saturated rings. The molecule has 0 spiro atoms. The molecule has 0 radical (unpaired) electrons. The second-order valence-corrected chi connectivity index (χ2v) is 0. The SMILES string of the molecule is [Al+3].[OH-].[OH-].[OH-].[OH-].[OH-].[OH-].[Rh+3]. The van der Waals surface area contributed by atoms with Crippen LogP contribution in [-0.4, -0.2) is 50.2 Å². The molecule has 0 saturated carbocycles. The van der Waals surface area contributed by atoms with Gasteiger partial charge in [-0.2, -0.15) is 0 Å². The van der Waals surface area contributed by atoms with Crippen LogP contribution >= 0.6 is 0 Å². The predicted molar refractivity (Wildman–Crippen MR) is 17.4 cm³/mol. The standard InChI is InChI=1S/Al.6H2O.Rh/h;6*1H2;/q+3;;;;;;;+3/p-6. The smallest absolute Gasteiger partial charge is 0.870 e. The van der Waals surface area contributed by atoms with Crippen molar-refractivity contribution < 1.29 is 52.3 Å². The Balaban J connectivity index is 0. The van der Waals surface area contributed by atoms with Crippen molar-refractivity contribution in [2.75, 3.05) is 0 Å². The van der Waals surface area contributed by atoms with Gasteiger partial charge in [-0.25, -0.2) is 0 Å². The maximum Gasteiger partial charge on any atom is 3.00 e. The van der Waals surface area contributed by atoms with Crippen molar-refractivity contribution in [1.82, 2.24) is 0 Å². The van der Waals surface area contributed by atoms with E-state index in [1.165, 1.54) is 0 Å². The van der Waals surface area contributed by atoms with E-state index in [4.69, 9.17) is 0 Å². The van der Waals surface area contributed by atoms with Crippen LogP contribution in [0.3, 0.4) is 0 Å². The fourth-order valence-electron chi connectivity index (χ4n) is 0. The van der Waals surface area contributed by atoms with E-state index in [1.807, 2.05) is 0 Å². The van der Waals surface area contributed by atoms with Crippen molar-refractivity contribution in [2.45, 2.75) is 0 Å². The van der Waals surface area contributed by atoms with Crippen molar-refractivity contribution in [3.63, 3.8) is 0 Å². The van der Waals surface area contributed by atoms with Gasteiger partial charge in [0.2, 0.25) is 0 Å². The molecule has 8 heavy (non-hydrogen) atoms. The minimum Gasteiger partial charge on any atom is -0.870 e. The molecule has 0 bridgehead atoms. The van der Waals surface area contributed by atoms with Gasteiger partial charge in [-0.3, -0.25) is 0 Å². The second-order valence-electron chi connectivity index (χ2n) is 0. The summed E-state index contributed by atoms with van der Waals surface area (Å²) in [5.74, 6) is 0. The molecule has 0 amide bonds. The molecule has 54 valence electrons. The van der Waals surface area contributed by atoms with Crippen molar-refractivity contribution in [2.24, 2.45) is 0 Å². The van der Waals surface area contributed by atoms with Crippen LogP contribution in [0.4, 0.5) is 0 Å². The van der Waals surface area contributed by atoms with Crippen LogP contribution in [0, 0.1) is 0 Å². The van der Waals surface area contributed by atoms with E-state index in [2.05, 4.69) is 0 Å². The van der Waals surface area contributed by atoms with Crippen LogP contribution in [0.1, 0.15) is 0 Å². The van der Waals surface area contributed by atoms with Crippen LogP contribution in [0.5, 0.6) is 0 Å². The van der Waals surface area contributed by atoms with E-state index in [0.29, 0.717) is 0 Å². The summed E-state index contributed by atoms with van der Waals surface area (Å²) in [5, 5.41) is 0. The molecule has 6 nitrogen and oxygen atoms in total. The molecule has 0 heterocycles. The molecular formula is H6AlO6Rh. The summed E-state index contributed by atoms with van der Waals surface area (Å²) in [6.07, 6.45) is 0. The van der Waals surface area contributed by atoms with Crippen LogP contribution in [-0.2, 0) is 19.5 Å². The second kappa shape index (κ2) is 451. The summed E-state index contributed by atoms with van der Waals surface area (Å²) in [7, 11) is 0. The molecule has 0 aromatic heterocycles. The van der Waals surface area contributed by atoms with E-state index in [-0.39, 0.29) is 69.7 Å². The minimum atomic E-state index is 0. The van der Waals surface area contributed by atoms with Crippen LogP contribution < -0.4 is 0 Å². The molecule has 0 aliphatic carbocycles. The molecule has 0 atom stereocenters. The number of hydrogen-bond donors (Lipinski definition) is 0. The molecular weight excluding hydrogens is 226 g/mol. The Morgan fingerprint density at radius 2 is 0.375 bits per heavy atom. The summed E-state index contributed by atoms with van der Waals surface area (Å²) < 4.78 is 0. The third-order valence-corrected chi connectivity index (χ3v) is 0. The van der Waals surface area contributed by atoms with Crippen molar-refractivity contribution >= 4 is 17.4 Å². The number of hydrogen-bond acceptors (Lipinski definition) is 6. The maximum absolute atomic E-state index is 0. The Hall–Kier alpha value is 0.916. The van der Waals surface area contributed by atoms with Crippen LogP contribution in [0.2, 0.25) is 0 Å². The fraction of sp³-hybridized carbons (Fsp3) is 0. The topological polar surface area (TPSA) is 180 Å². The van der Waals surface area contributed by atoms with Gasteiger partial charge in [-0.05, 0) is 0 Å². The Kier molecular flexibility index (Phi) is 37600. The minimum absolute atomic E-state index is 0. The average molecular weight is 232 g/mol. The Morgan fingerprint density at radius 1 is 0.375 bits per heavy atom. The van der Waals surface area contributed by atoms with E-state index < -0.39 is 0 Å². The zero-order valence-electron chi connectivity index (χ0n) is 3.59. The summed E-state index contributed by atoms with van der Waals surface area (Å²) in [5.41, 5.74) is 0. The first-order valence-electron chi connectivity index (χ1n) is 0. The van der Waals surface area contributed by atoms with E-state index in [0.717, 1.165) is 0 Å². The quantitative estimate of drug-likeness (QED) is 0.460. The normalized spacial score (nSPS) is 0. The number of rotatable bonds is 0. The van der Waals surface area contributed by atoms with Crippen molar-refractivity contribution in [1.29, 1.82) is 0 Å². The molecule has 0 aliphatic heterocycles. The van der Waals surface area contributed by atoms with Crippen LogP contribution in [0.25, 0.3) is 0 Å². The van der Waals surface area contributed by atoms with Gasteiger partial charge in [0.25, 0.3) is 0 Å². The van der Waals surface area contributed by atoms with Gasteiger partial charge in [0.1, 0.15) is 0 Å². The van der Waals surface area contributed by atoms with E-state index in [1.54, 1.807) is 0 Å². The molecule has 8 heteroatoms. The molecule has 0 rings (SSSR count). The predicted octanol–water partition coefficient (Wildman–Crippen LogP) is -1.44. The Labute approximate surface area is 70.0 Å².